The topological polar surface area (TPSA) is 55.8 Å². The van der Waals surface area contributed by atoms with E-state index < -0.39 is 5.97 Å². The normalized spacial score (nSPS) is 21.8. The number of amides is 1. The second-order valence-corrected chi connectivity index (χ2v) is 7.05. The van der Waals surface area contributed by atoms with Gasteiger partial charge in [0.1, 0.15) is 0 Å². The first-order valence-electron chi connectivity index (χ1n) is 8.32. The summed E-state index contributed by atoms with van der Waals surface area (Å²) in [4.78, 5) is 26.9. The van der Waals surface area contributed by atoms with Crippen LogP contribution in [0, 0.1) is 0 Å². The van der Waals surface area contributed by atoms with Crippen LogP contribution in [0.2, 0.25) is 10.0 Å². The van der Waals surface area contributed by atoms with Crippen molar-refractivity contribution in [2.75, 3.05) is 20.3 Å². The summed E-state index contributed by atoms with van der Waals surface area (Å²) in [5.41, 5.74) is 1.80. The smallest absolute Gasteiger partial charge is 0.340 e. The lowest BCUT2D eigenvalue weighted by Crippen LogP contribution is -2.33. The summed E-state index contributed by atoms with van der Waals surface area (Å²) in [6.45, 7) is 2.87. The van der Waals surface area contributed by atoms with Crippen LogP contribution in [0.3, 0.4) is 0 Å². The molecule has 7 heteroatoms. The van der Waals surface area contributed by atoms with Crippen LogP contribution in [0.15, 0.2) is 35.0 Å². The average molecular weight is 396 g/mol. The molecule has 0 aliphatic carbocycles. The molecule has 1 amide bonds. The molecule has 0 unspecified atom stereocenters. The molecule has 3 rings (SSSR count). The Kier molecular flexibility index (Phi) is 5.70. The zero-order chi connectivity index (χ0) is 18.8. The Labute approximate surface area is 162 Å². The maximum absolute atomic E-state index is 13.0. The summed E-state index contributed by atoms with van der Waals surface area (Å²) >= 11 is 12.0. The van der Waals surface area contributed by atoms with Gasteiger partial charge in [0.05, 0.1) is 40.9 Å². The van der Waals surface area contributed by atoms with Crippen molar-refractivity contribution >= 4 is 41.2 Å². The zero-order valence-corrected chi connectivity index (χ0v) is 16.1. The number of esters is 1. The minimum absolute atomic E-state index is 0.0166. The van der Waals surface area contributed by atoms with Gasteiger partial charge in [-0.1, -0.05) is 29.3 Å². The van der Waals surface area contributed by atoms with Gasteiger partial charge in [-0.25, -0.2) is 4.79 Å². The van der Waals surface area contributed by atoms with Gasteiger partial charge < -0.3 is 14.4 Å². The van der Waals surface area contributed by atoms with Gasteiger partial charge >= 0.3 is 5.97 Å². The number of nitrogens with zero attached hydrogens (tertiary/aromatic N) is 1. The predicted molar refractivity (Wildman–Crippen MR) is 99.8 cm³/mol. The van der Waals surface area contributed by atoms with Gasteiger partial charge in [0.25, 0.3) is 5.91 Å². The maximum atomic E-state index is 13.0. The minimum Gasteiger partial charge on any atom is -0.465 e. The fourth-order valence-electron chi connectivity index (χ4n) is 3.21. The Hall–Kier alpha value is -1.82. The van der Waals surface area contributed by atoms with E-state index in [0.717, 1.165) is 12.8 Å². The van der Waals surface area contributed by atoms with E-state index in [-0.39, 0.29) is 23.2 Å². The number of ether oxygens (including phenoxy) is 2. The van der Waals surface area contributed by atoms with Gasteiger partial charge in [-0.05, 0) is 43.5 Å². The highest BCUT2D eigenvalue weighted by Crippen LogP contribution is 2.33. The summed E-state index contributed by atoms with van der Waals surface area (Å²) in [6, 6.07) is 5.03. The maximum Gasteiger partial charge on any atom is 0.340 e. The number of carbonyl (C=O) groups is 2. The highest BCUT2D eigenvalue weighted by molar-refractivity contribution is 6.42. The number of allylic oxidation sites excluding steroid dienone is 1. The molecule has 1 aromatic rings. The van der Waals surface area contributed by atoms with Gasteiger partial charge in [-0.15, -0.1) is 0 Å². The van der Waals surface area contributed by atoms with Gasteiger partial charge in [0.15, 0.2) is 0 Å². The second kappa shape index (κ2) is 7.82. The summed E-state index contributed by atoms with van der Waals surface area (Å²) in [7, 11) is 1.30. The lowest BCUT2D eigenvalue weighted by atomic mass is 10.0. The van der Waals surface area contributed by atoms with E-state index in [1.54, 1.807) is 36.1 Å². The van der Waals surface area contributed by atoms with Gasteiger partial charge in [-0.2, -0.15) is 0 Å². The summed E-state index contributed by atoms with van der Waals surface area (Å²) in [5.74, 6) is -0.790. The molecule has 1 aromatic carbocycles. The lowest BCUT2D eigenvalue weighted by Gasteiger charge is -2.21. The second-order valence-electron chi connectivity index (χ2n) is 6.23. The van der Waals surface area contributed by atoms with E-state index in [1.807, 2.05) is 0 Å². The number of rotatable bonds is 4. The van der Waals surface area contributed by atoms with Crippen LogP contribution in [0.1, 0.15) is 25.3 Å². The fourth-order valence-corrected chi connectivity index (χ4v) is 3.52. The highest BCUT2D eigenvalue weighted by Gasteiger charge is 2.38. The molecule has 5 nitrogen and oxygen atoms in total. The third-order valence-electron chi connectivity index (χ3n) is 4.57. The van der Waals surface area contributed by atoms with E-state index in [1.165, 1.54) is 7.11 Å². The van der Waals surface area contributed by atoms with Crippen molar-refractivity contribution in [1.82, 2.24) is 4.90 Å². The fraction of sp³-hybridized carbons (Fsp3) is 0.368. The summed E-state index contributed by atoms with van der Waals surface area (Å²) in [6.07, 6.45) is 3.49. The summed E-state index contributed by atoms with van der Waals surface area (Å²) < 4.78 is 10.5. The van der Waals surface area contributed by atoms with Gasteiger partial charge in [0, 0.05) is 12.3 Å². The molecule has 0 N–H and O–H groups in total. The first-order valence-corrected chi connectivity index (χ1v) is 9.07. The minimum atomic E-state index is -0.544. The Bertz CT molecular complexity index is 810. The van der Waals surface area contributed by atoms with E-state index in [4.69, 9.17) is 32.7 Å². The molecule has 0 saturated carbocycles. The molecule has 0 aromatic heterocycles. The monoisotopic (exact) mass is 395 g/mol. The van der Waals surface area contributed by atoms with E-state index in [2.05, 4.69) is 0 Å². The largest absolute Gasteiger partial charge is 0.465 e. The van der Waals surface area contributed by atoms with Gasteiger partial charge in [0.2, 0.25) is 0 Å². The van der Waals surface area contributed by atoms with Crippen molar-refractivity contribution in [2.45, 2.75) is 25.9 Å². The molecule has 1 fully saturated rings. The number of halogens is 2. The molecule has 1 saturated heterocycles. The van der Waals surface area contributed by atoms with Crippen molar-refractivity contribution in [1.29, 1.82) is 0 Å². The Morgan fingerprint density at radius 2 is 2.15 bits per heavy atom. The molecule has 0 radical (unpaired) electrons. The summed E-state index contributed by atoms with van der Waals surface area (Å²) in [5, 5.41) is 0.800. The van der Waals surface area contributed by atoms with Crippen molar-refractivity contribution in [3.05, 3.63) is 50.7 Å². The van der Waals surface area contributed by atoms with Crippen molar-refractivity contribution in [3.8, 4) is 0 Å². The quantitative estimate of drug-likeness (QED) is 0.573. The molecule has 2 aliphatic heterocycles. The number of benzene rings is 1. The molecule has 2 aliphatic rings. The molecule has 2 heterocycles. The number of carbonyl (C=O) groups excluding carboxylic acids is 2. The van der Waals surface area contributed by atoms with E-state index >= 15 is 0 Å². The van der Waals surface area contributed by atoms with Crippen molar-refractivity contribution in [3.63, 3.8) is 0 Å². The molecule has 0 bridgehead atoms. The SMILES string of the molecule is COC(=O)C1=C(C)N(C[C@H]2CCCO2)C(=O)/C1=C\c1ccc(Cl)c(Cl)c1. The molecular formula is C19H19Cl2NO4. The molecule has 138 valence electrons. The Morgan fingerprint density at radius 1 is 1.38 bits per heavy atom. The van der Waals surface area contributed by atoms with Crippen LogP contribution in [0.4, 0.5) is 0 Å². The van der Waals surface area contributed by atoms with Crippen LogP contribution in [0.5, 0.6) is 0 Å². The first-order chi connectivity index (χ1) is 12.4. The van der Waals surface area contributed by atoms with Crippen LogP contribution < -0.4 is 0 Å². The first kappa shape index (κ1) is 19.0. The van der Waals surface area contributed by atoms with Crippen LogP contribution in [-0.4, -0.2) is 43.1 Å². The van der Waals surface area contributed by atoms with Crippen LogP contribution in [-0.2, 0) is 19.1 Å². The average Bonchev–Trinajstić information content (AvgIpc) is 3.21. The molecule has 0 spiro atoms. The lowest BCUT2D eigenvalue weighted by molar-refractivity contribution is -0.136. The predicted octanol–water partition coefficient (Wildman–Crippen LogP) is 3.85. The third kappa shape index (κ3) is 3.65. The Morgan fingerprint density at radius 3 is 2.77 bits per heavy atom. The van der Waals surface area contributed by atoms with Crippen LogP contribution in [0.25, 0.3) is 6.08 Å². The van der Waals surface area contributed by atoms with Gasteiger partial charge in [-0.3, -0.25) is 4.79 Å². The molecule has 26 heavy (non-hydrogen) atoms. The molecular weight excluding hydrogens is 377 g/mol. The Balaban J connectivity index is 1.99. The number of hydrogen-bond donors (Lipinski definition) is 0. The van der Waals surface area contributed by atoms with E-state index in [9.17, 15) is 9.59 Å². The van der Waals surface area contributed by atoms with Crippen molar-refractivity contribution in [2.24, 2.45) is 0 Å². The highest BCUT2D eigenvalue weighted by atomic mass is 35.5. The third-order valence-corrected chi connectivity index (χ3v) is 5.30. The van der Waals surface area contributed by atoms with E-state index in [0.29, 0.717) is 34.5 Å². The van der Waals surface area contributed by atoms with Crippen LogP contribution >= 0.6 is 23.2 Å². The van der Waals surface area contributed by atoms with Crippen molar-refractivity contribution < 1.29 is 19.1 Å². The molecule has 1 atom stereocenters. The number of methoxy groups -OCH3 is 1. The standard InChI is InChI=1S/C19H19Cl2NO4/c1-11-17(19(24)25-2)14(8-12-5-6-15(20)16(21)9-12)18(23)22(11)10-13-4-3-7-26-13/h5-6,8-9,13H,3-4,7,10H2,1-2H3/b14-8-/t13-/m1/s1. The zero-order valence-electron chi connectivity index (χ0n) is 14.6. The number of hydrogen-bond acceptors (Lipinski definition) is 4.